The fourth-order valence-electron chi connectivity index (χ4n) is 2.63. The van der Waals surface area contributed by atoms with Crippen molar-refractivity contribution in [1.29, 1.82) is 0 Å². The first kappa shape index (κ1) is 17.6. The number of hydrogen-bond donors (Lipinski definition) is 2. The Kier molecular flexibility index (Phi) is 5.23. The Morgan fingerprint density at radius 2 is 2.12 bits per heavy atom. The lowest BCUT2D eigenvalue weighted by Gasteiger charge is -2.18. The molecule has 1 unspecified atom stereocenters. The Balaban J connectivity index is 1.80. The molecule has 2 N–H and O–H groups in total. The second-order valence-corrected chi connectivity index (χ2v) is 5.65. The lowest BCUT2D eigenvalue weighted by molar-refractivity contribution is -0.140. The highest BCUT2D eigenvalue weighted by Crippen LogP contribution is 2.18. The predicted molar refractivity (Wildman–Crippen MR) is 94.4 cm³/mol. The smallest absolute Gasteiger partial charge is 0.311 e. The van der Waals surface area contributed by atoms with Crippen LogP contribution >= 0.6 is 0 Å². The molecule has 0 aliphatic heterocycles. The number of nitrogens with one attached hydrogen (secondary N) is 1. The molecule has 1 atom stereocenters. The predicted octanol–water partition coefficient (Wildman–Crippen LogP) is 1.32. The van der Waals surface area contributed by atoms with Crippen LogP contribution < -0.4 is 5.32 Å². The molecule has 0 bridgehead atoms. The number of anilines is 1. The fourth-order valence-corrected chi connectivity index (χ4v) is 2.63. The molecule has 0 fully saturated rings. The van der Waals surface area contributed by atoms with E-state index in [1.165, 1.54) is 24.2 Å². The summed E-state index contributed by atoms with van der Waals surface area (Å²) in [5.74, 6) is -0.892. The number of benzene rings is 1. The van der Waals surface area contributed by atoms with Crippen molar-refractivity contribution in [1.82, 2.24) is 14.5 Å². The molecule has 0 aliphatic carbocycles. The van der Waals surface area contributed by atoms with Crippen LogP contribution in [0.15, 0.2) is 49.1 Å². The molecule has 3 aromatic rings. The number of hydrogen-bond acceptors (Lipinski definition) is 6. The highest BCUT2D eigenvalue weighted by atomic mass is 16.5. The number of ether oxygens (including phenoxy) is 1. The number of rotatable bonds is 6. The van der Waals surface area contributed by atoms with Gasteiger partial charge in [0.05, 0.1) is 43.9 Å². The van der Waals surface area contributed by atoms with Crippen molar-refractivity contribution in [2.45, 2.75) is 12.5 Å². The third-order valence-corrected chi connectivity index (χ3v) is 3.97. The van der Waals surface area contributed by atoms with Crippen LogP contribution in [0.5, 0.6) is 0 Å². The third kappa shape index (κ3) is 3.70. The van der Waals surface area contributed by atoms with Gasteiger partial charge in [-0.05, 0) is 12.1 Å². The average Bonchev–Trinajstić information content (AvgIpc) is 3.10. The summed E-state index contributed by atoms with van der Waals surface area (Å²) in [7, 11) is 1.28. The first-order valence-corrected chi connectivity index (χ1v) is 7.96. The van der Waals surface area contributed by atoms with Gasteiger partial charge < -0.3 is 19.7 Å². The number of aromatic nitrogens is 3. The van der Waals surface area contributed by atoms with Crippen LogP contribution in [0.3, 0.4) is 0 Å². The number of pyridine rings is 1. The third-order valence-electron chi connectivity index (χ3n) is 3.97. The number of methoxy groups -OCH3 is 1. The van der Waals surface area contributed by atoms with Crippen LogP contribution in [0.1, 0.15) is 11.7 Å². The van der Waals surface area contributed by atoms with Gasteiger partial charge in [-0.25, -0.2) is 4.98 Å². The van der Waals surface area contributed by atoms with Crippen LogP contribution in [-0.4, -0.2) is 45.2 Å². The number of esters is 1. The minimum atomic E-state index is -0.927. The molecule has 134 valence electrons. The summed E-state index contributed by atoms with van der Waals surface area (Å²) >= 11 is 0. The lowest BCUT2D eigenvalue weighted by Crippen LogP contribution is -2.30. The Morgan fingerprint density at radius 3 is 2.88 bits per heavy atom. The van der Waals surface area contributed by atoms with E-state index in [1.807, 2.05) is 24.3 Å². The minimum Gasteiger partial charge on any atom is -0.469 e. The lowest BCUT2D eigenvalue weighted by atomic mass is 10.2. The quantitative estimate of drug-likeness (QED) is 0.647. The van der Waals surface area contributed by atoms with Gasteiger partial charge in [-0.15, -0.1) is 0 Å². The van der Waals surface area contributed by atoms with Crippen molar-refractivity contribution in [2.24, 2.45) is 0 Å². The van der Waals surface area contributed by atoms with Gasteiger partial charge >= 0.3 is 5.97 Å². The van der Waals surface area contributed by atoms with Crippen molar-refractivity contribution >= 4 is 28.5 Å². The summed E-state index contributed by atoms with van der Waals surface area (Å²) in [5, 5.41) is 13.3. The average molecular weight is 354 g/mol. The number of amides is 1. The molecule has 1 aromatic carbocycles. The maximum Gasteiger partial charge on any atom is 0.311 e. The van der Waals surface area contributed by atoms with Crippen molar-refractivity contribution in [2.75, 3.05) is 19.0 Å². The van der Waals surface area contributed by atoms with Crippen molar-refractivity contribution in [3.63, 3.8) is 0 Å². The Labute approximate surface area is 149 Å². The molecule has 0 radical (unpaired) electrons. The number of aliphatic hydroxyl groups excluding tert-OH is 1. The van der Waals surface area contributed by atoms with E-state index in [1.54, 1.807) is 12.3 Å². The summed E-state index contributed by atoms with van der Waals surface area (Å²) in [6.07, 6.45) is 4.37. The molecule has 0 saturated carbocycles. The Bertz CT molecular complexity index is 938. The number of aliphatic hydroxyl groups is 1. The van der Waals surface area contributed by atoms with E-state index in [0.717, 1.165) is 10.9 Å². The highest BCUT2D eigenvalue weighted by Gasteiger charge is 2.23. The van der Waals surface area contributed by atoms with Crippen molar-refractivity contribution in [3.8, 4) is 0 Å². The summed E-state index contributed by atoms with van der Waals surface area (Å²) in [5.41, 5.74) is 1.81. The van der Waals surface area contributed by atoms with E-state index >= 15 is 0 Å². The van der Waals surface area contributed by atoms with E-state index in [-0.39, 0.29) is 6.42 Å². The molecular weight excluding hydrogens is 336 g/mol. The van der Waals surface area contributed by atoms with Gasteiger partial charge in [0, 0.05) is 17.3 Å². The van der Waals surface area contributed by atoms with Gasteiger partial charge in [0.25, 0.3) is 0 Å². The summed E-state index contributed by atoms with van der Waals surface area (Å²) in [4.78, 5) is 32.4. The first-order valence-electron chi connectivity index (χ1n) is 7.96. The second-order valence-electron chi connectivity index (χ2n) is 5.65. The minimum absolute atomic E-state index is 0.0438. The Hall–Kier alpha value is -3.26. The van der Waals surface area contributed by atoms with E-state index in [4.69, 9.17) is 0 Å². The number of fused-ring (bicyclic) bond motifs is 1. The van der Waals surface area contributed by atoms with E-state index in [2.05, 4.69) is 20.0 Å². The molecule has 8 nitrogen and oxygen atoms in total. The van der Waals surface area contributed by atoms with Gasteiger partial charge in [0.1, 0.15) is 6.04 Å². The molecule has 8 heteroatoms. The number of para-hydroxylation sites is 1. The maximum atomic E-state index is 12.6. The molecule has 2 heterocycles. The van der Waals surface area contributed by atoms with Crippen LogP contribution in [0, 0.1) is 0 Å². The van der Waals surface area contributed by atoms with Crippen LogP contribution in [-0.2, 0) is 20.7 Å². The van der Waals surface area contributed by atoms with Gasteiger partial charge in [0.2, 0.25) is 5.91 Å². The molecule has 1 amide bonds. The normalized spacial score (nSPS) is 11.9. The standard InChI is InChI=1S/C18H18N4O4/c1-26-17(24)7-14-9-19-11-22(14)16(10-23)18(25)21-13-6-12-4-2-3-5-15(12)20-8-13/h2-6,8-9,11,16,23H,7,10H2,1H3,(H,21,25). The van der Waals surface area contributed by atoms with Crippen molar-refractivity contribution < 1.29 is 19.4 Å². The summed E-state index contributed by atoms with van der Waals surface area (Å²) in [6, 6.07) is 8.42. The zero-order chi connectivity index (χ0) is 18.5. The molecule has 0 saturated heterocycles. The number of carbonyl (C=O) groups excluding carboxylic acids is 2. The SMILES string of the molecule is COC(=O)Cc1cncn1C(CO)C(=O)Nc1cnc2ccccc2c1. The molecule has 2 aromatic heterocycles. The monoisotopic (exact) mass is 354 g/mol. The Morgan fingerprint density at radius 1 is 1.31 bits per heavy atom. The van der Waals surface area contributed by atoms with Crippen LogP contribution in [0.2, 0.25) is 0 Å². The number of imidazole rings is 1. The zero-order valence-corrected chi connectivity index (χ0v) is 14.1. The first-order chi connectivity index (χ1) is 12.6. The number of nitrogens with zero attached hydrogens (tertiary/aromatic N) is 3. The fraction of sp³-hybridized carbons (Fsp3) is 0.222. The number of carbonyl (C=O) groups is 2. The van der Waals surface area contributed by atoms with Gasteiger partial charge in [-0.2, -0.15) is 0 Å². The molecule has 26 heavy (non-hydrogen) atoms. The molecule has 0 spiro atoms. The van der Waals surface area contributed by atoms with Gasteiger partial charge in [0.15, 0.2) is 0 Å². The van der Waals surface area contributed by atoms with Crippen LogP contribution in [0.25, 0.3) is 10.9 Å². The zero-order valence-electron chi connectivity index (χ0n) is 14.1. The van der Waals surface area contributed by atoms with E-state index in [9.17, 15) is 14.7 Å². The van der Waals surface area contributed by atoms with E-state index < -0.39 is 24.5 Å². The summed E-state index contributed by atoms with van der Waals surface area (Å²) < 4.78 is 6.10. The topological polar surface area (TPSA) is 106 Å². The van der Waals surface area contributed by atoms with Crippen LogP contribution in [0.4, 0.5) is 5.69 Å². The molecular formula is C18H18N4O4. The highest BCUT2D eigenvalue weighted by molar-refractivity contribution is 5.95. The largest absolute Gasteiger partial charge is 0.469 e. The van der Waals surface area contributed by atoms with Crippen molar-refractivity contribution in [3.05, 3.63) is 54.7 Å². The van der Waals surface area contributed by atoms with Gasteiger partial charge in [-0.3, -0.25) is 14.6 Å². The molecule has 0 aliphatic rings. The van der Waals surface area contributed by atoms with Gasteiger partial charge in [-0.1, -0.05) is 18.2 Å². The second kappa shape index (κ2) is 7.75. The maximum absolute atomic E-state index is 12.6. The molecule has 3 rings (SSSR count). The summed E-state index contributed by atoms with van der Waals surface area (Å²) in [6.45, 7) is -0.447. The van der Waals surface area contributed by atoms with E-state index in [0.29, 0.717) is 11.4 Å².